The second-order valence-corrected chi connectivity index (χ2v) is 7.08. The first-order valence-corrected chi connectivity index (χ1v) is 10.2. The summed E-state index contributed by atoms with van der Waals surface area (Å²) in [5.74, 6) is 0.878. The maximum atomic E-state index is 12.1. The molecule has 1 saturated heterocycles. The van der Waals surface area contributed by atoms with Crippen molar-refractivity contribution in [3.63, 3.8) is 0 Å². The Morgan fingerprint density at radius 1 is 1.11 bits per heavy atom. The molecule has 7 nitrogen and oxygen atoms in total. The summed E-state index contributed by atoms with van der Waals surface area (Å²) in [6.07, 6.45) is 1.95. The van der Waals surface area contributed by atoms with Crippen LogP contribution in [-0.4, -0.2) is 60.6 Å². The number of benzene rings is 1. The quantitative estimate of drug-likeness (QED) is 0.492. The van der Waals surface area contributed by atoms with E-state index in [4.69, 9.17) is 19.4 Å². The van der Waals surface area contributed by atoms with E-state index in [0.717, 1.165) is 16.0 Å². The van der Waals surface area contributed by atoms with Crippen LogP contribution in [0.2, 0.25) is 0 Å². The zero-order chi connectivity index (χ0) is 19.5. The van der Waals surface area contributed by atoms with Crippen LogP contribution in [-0.2, 0) is 9.47 Å². The van der Waals surface area contributed by atoms with Gasteiger partial charge in [-0.25, -0.2) is 19.7 Å². The minimum Gasteiger partial charge on any atom is -0.464 e. The normalized spacial score (nSPS) is 14.3. The van der Waals surface area contributed by atoms with Crippen LogP contribution in [0.4, 0.5) is 5.82 Å². The molecule has 0 amide bonds. The number of carbonyl (C=O) groups excluding carboxylic acids is 1. The molecule has 0 N–H and O–H groups in total. The first-order chi connectivity index (χ1) is 13.7. The molecule has 0 atom stereocenters. The van der Waals surface area contributed by atoms with E-state index >= 15 is 0 Å². The fourth-order valence-electron chi connectivity index (χ4n) is 3.14. The molecule has 0 spiro atoms. The number of esters is 1. The molecule has 3 aromatic rings. The summed E-state index contributed by atoms with van der Waals surface area (Å²) in [6, 6.07) is 11.6. The maximum absolute atomic E-state index is 12.1. The van der Waals surface area contributed by atoms with E-state index in [-0.39, 0.29) is 5.69 Å². The summed E-state index contributed by atoms with van der Waals surface area (Å²) in [6.45, 7) is 2.66. The third-order valence-electron chi connectivity index (χ3n) is 4.56. The molecule has 1 aliphatic rings. The van der Waals surface area contributed by atoms with Gasteiger partial charge in [0.2, 0.25) is 0 Å². The second-order valence-electron chi connectivity index (χ2n) is 6.23. The molecule has 1 fully saturated rings. The first-order valence-electron chi connectivity index (χ1n) is 8.94. The molecule has 144 valence electrons. The van der Waals surface area contributed by atoms with Gasteiger partial charge in [0.25, 0.3) is 0 Å². The number of nitrogens with zero attached hydrogens (tertiary/aromatic N) is 4. The van der Waals surface area contributed by atoms with E-state index in [1.807, 2.05) is 36.6 Å². The highest BCUT2D eigenvalue weighted by Crippen LogP contribution is 2.32. The molecule has 2 aromatic heterocycles. The summed E-state index contributed by atoms with van der Waals surface area (Å²) in [5.41, 5.74) is 2.53. The van der Waals surface area contributed by atoms with Gasteiger partial charge in [0, 0.05) is 23.5 Å². The van der Waals surface area contributed by atoms with Crippen molar-refractivity contribution in [3.05, 3.63) is 42.1 Å². The Kier molecular flexibility index (Phi) is 5.40. The molecule has 1 aliphatic heterocycles. The summed E-state index contributed by atoms with van der Waals surface area (Å²) in [5, 5.41) is 0. The van der Waals surface area contributed by atoms with E-state index in [1.54, 1.807) is 6.07 Å². The van der Waals surface area contributed by atoms with E-state index in [2.05, 4.69) is 9.88 Å². The number of carbonyl (C=O) groups is 1. The van der Waals surface area contributed by atoms with Gasteiger partial charge in [-0.1, -0.05) is 30.3 Å². The van der Waals surface area contributed by atoms with Crippen LogP contribution in [0.3, 0.4) is 0 Å². The molecule has 1 aromatic carbocycles. The minimum atomic E-state index is -0.475. The molecule has 0 radical (unpaired) electrons. The van der Waals surface area contributed by atoms with Crippen molar-refractivity contribution in [3.8, 4) is 11.4 Å². The van der Waals surface area contributed by atoms with Crippen LogP contribution in [0.15, 0.2) is 41.3 Å². The van der Waals surface area contributed by atoms with Crippen molar-refractivity contribution in [2.45, 2.75) is 4.90 Å². The number of fused-ring (bicyclic) bond motifs is 1. The van der Waals surface area contributed by atoms with Crippen LogP contribution in [0, 0.1) is 0 Å². The van der Waals surface area contributed by atoms with Crippen molar-refractivity contribution in [1.29, 1.82) is 0 Å². The Hall–Kier alpha value is -2.71. The van der Waals surface area contributed by atoms with E-state index in [0.29, 0.717) is 43.5 Å². The fraction of sp³-hybridized carbons (Fsp3) is 0.300. The molecule has 8 heteroatoms. The van der Waals surface area contributed by atoms with E-state index in [1.165, 1.54) is 18.9 Å². The summed E-state index contributed by atoms with van der Waals surface area (Å²) in [7, 11) is 1.35. The summed E-state index contributed by atoms with van der Waals surface area (Å²) < 4.78 is 10.4. The Morgan fingerprint density at radius 2 is 1.86 bits per heavy atom. The average Bonchev–Trinajstić information content (AvgIpc) is 2.78. The number of hydrogen-bond acceptors (Lipinski definition) is 8. The summed E-state index contributed by atoms with van der Waals surface area (Å²) >= 11 is 1.52. The Bertz CT molecular complexity index is 1010. The van der Waals surface area contributed by atoms with Crippen molar-refractivity contribution >= 4 is 34.6 Å². The summed E-state index contributed by atoms with van der Waals surface area (Å²) in [4.78, 5) is 29.3. The van der Waals surface area contributed by atoms with Crippen LogP contribution in [0.25, 0.3) is 22.4 Å². The van der Waals surface area contributed by atoms with Gasteiger partial charge in [0.05, 0.1) is 20.3 Å². The number of rotatable bonds is 4. The number of pyridine rings is 1. The number of methoxy groups -OCH3 is 1. The maximum Gasteiger partial charge on any atom is 0.356 e. The van der Waals surface area contributed by atoms with Crippen molar-refractivity contribution in [2.24, 2.45) is 0 Å². The van der Waals surface area contributed by atoms with E-state index in [9.17, 15) is 4.79 Å². The van der Waals surface area contributed by atoms with Crippen molar-refractivity contribution in [2.75, 3.05) is 44.6 Å². The molecule has 0 aliphatic carbocycles. The number of anilines is 1. The van der Waals surface area contributed by atoms with Crippen LogP contribution in [0.5, 0.6) is 0 Å². The number of thioether (sulfide) groups is 1. The highest BCUT2D eigenvalue weighted by Gasteiger charge is 2.22. The predicted octanol–water partition coefficient (Wildman–Crippen LogP) is 3.04. The van der Waals surface area contributed by atoms with Gasteiger partial charge >= 0.3 is 5.97 Å². The highest BCUT2D eigenvalue weighted by molar-refractivity contribution is 7.98. The largest absolute Gasteiger partial charge is 0.464 e. The minimum absolute atomic E-state index is 0.255. The Labute approximate surface area is 167 Å². The van der Waals surface area contributed by atoms with Gasteiger partial charge in [0.15, 0.2) is 11.6 Å². The standard InChI is InChI=1S/C20H20N4O3S/c1-26-20(25)14-12-15(28-2)16-17(21-14)19(24-8-10-27-11-9-24)23-18(22-16)13-6-4-3-5-7-13/h3-7,12H,8-11H2,1-2H3. The lowest BCUT2D eigenvalue weighted by atomic mass is 10.2. The van der Waals surface area contributed by atoms with E-state index < -0.39 is 5.97 Å². The smallest absolute Gasteiger partial charge is 0.356 e. The third-order valence-corrected chi connectivity index (χ3v) is 5.31. The monoisotopic (exact) mass is 396 g/mol. The van der Waals surface area contributed by atoms with Gasteiger partial charge in [-0.05, 0) is 12.3 Å². The van der Waals surface area contributed by atoms with Crippen molar-refractivity contribution in [1.82, 2.24) is 15.0 Å². The molecule has 4 rings (SSSR count). The third kappa shape index (κ3) is 3.53. The zero-order valence-electron chi connectivity index (χ0n) is 15.7. The number of ether oxygens (including phenoxy) is 2. The van der Waals surface area contributed by atoms with Gasteiger partial charge in [-0.15, -0.1) is 11.8 Å². The average molecular weight is 396 g/mol. The highest BCUT2D eigenvalue weighted by atomic mass is 32.2. The zero-order valence-corrected chi connectivity index (χ0v) is 16.5. The lowest BCUT2D eigenvalue weighted by Gasteiger charge is -2.28. The van der Waals surface area contributed by atoms with Crippen LogP contribution in [0.1, 0.15) is 10.5 Å². The first kappa shape index (κ1) is 18.6. The number of hydrogen-bond donors (Lipinski definition) is 0. The lowest BCUT2D eigenvalue weighted by molar-refractivity contribution is 0.0594. The molecule has 3 heterocycles. The molecule has 0 unspecified atom stereocenters. The fourth-order valence-corrected chi connectivity index (χ4v) is 3.70. The Balaban J connectivity index is 1.98. The van der Waals surface area contributed by atoms with Gasteiger partial charge < -0.3 is 14.4 Å². The van der Waals surface area contributed by atoms with Crippen LogP contribution >= 0.6 is 11.8 Å². The topological polar surface area (TPSA) is 77.4 Å². The Morgan fingerprint density at radius 3 is 2.54 bits per heavy atom. The van der Waals surface area contributed by atoms with Crippen molar-refractivity contribution < 1.29 is 14.3 Å². The SMILES string of the molecule is COC(=O)c1cc(SC)c2nc(-c3ccccc3)nc(N3CCOCC3)c2n1. The second kappa shape index (κ2) is 8.12. The van der Waals surface area contributed by atoms with Gasteiger partial charge in [0.1, 0.15) is 16.7 Å². The number of aromatic nitrogens is 3. The molecular weight excluding hydrogens is 376 g/mol. The number of morpholine rings is 1. The lowest BCUT2D eigenvalue weighted by Crippen LogP contribution is -2.37. The molecular formula is C20H20N4O3S. The van der Waals surface area contributed by atoms with Gasteiger partial charge in [-0.2, -0.15) is 0 Å². The van der Waals surface area contributed by atoms with Gasteiger partial charge in [-0.3, -0.25) is 0 Å². The molecule has 0 saturated carbocycles. The van der Waals surface area contributed by atoms with Crippen LogP contribution < -0.4 is 4.90 Å². The molecule has 28 heavy (non-hydrogen) atoms. The predicted molar refractivity (Wildman–Crippen MR) is 109 cm³/mol. The molecule has 0 bridgehead atoms.